The third-order valence-corrected chi connectivity index (χ3v) is 5.04. The lowest BCUT2D eigenvalue weighted by Gasteiger charge is -2.21. The van der Waals surface area contributed by atoms with Gasteiger partial charge in [0, 0.05) is 12.1 Å². The van der Waals surface area contributed by atoms with Crippen LogP contribution in [-0.2, 0) is 9.59 Å². The molecule has 0 saturated carbocycles. The second-order valence-corrected chi connectivity index (χ2v) is 7.15. The number of hydrogen-bond acceptors (Lipinski definition) is 6. The Balaban J connectivity index is 1.66. The quantitative estimate of drug-likeness (QED) is 0.594. The Morgan fingerprint density at radius 1 is 1.35 bits per heavy atom. The van der Waals surface area contributed by atoms with Crippen molar-refractivity contribution in [1.82, 2.24) is 5.32 Å². The van der Waals surface area contributed by atoms with E-state index >= 15 is 0 Å². The molecule has 1 aliphatic heterocycles. The van der Waals surface area contributed by atoms with Gasteiger partial charge in [0.1, 0.15) is 11.0 Å². The Hall–Kier alpha value is -2.29. The van der Waals surface area contributed by atoms with E-state index < -0.39 is 5.25 Å². The molecule has 1 saturated heterocycles. The smallest absolute Gasteiger partial charge is 0.238 e. The molecule has 1 aromatic heterocycles. The van der Waals surface area contributed by atoms with Crippen molar-refractivity contribution in [3.05, 3.63) is 52.4 Å². The Labute approximate surface area is 162 Å². The summed E-state index contributed by atoms with van der Waals surface area (Å²) in [4.78, 5) is 24.3. The lowest BCUT2D eigenvalue weighted by molar-refractivity contribution is -0.123. The van der Waals surface area contributed by atoms with Crippen molar-refractivity contribution in [1.29, 1.82) is 0 Å². The summed E-state index contributed by atoms with van der Waals surface area (Å²) in [7, 11) is 0. The molecule has 1 atom stereocenters. The number of anilines is 1. The van der Waals surface area contributed by atoms with Crippen molar-refractivity contribution in [3.63, 3.8) is 0 Å². The first-order valence-corrected chi connectivity index (χ1v) is 9.02. The number of amides is 2. The van der Waals surface area contributed by atoms with Gasteiger partial charge >= 0.3 is 0 Å². The van der Waals surface area contributed by atoms with Crippen LogP contribution in [0.3, 0.4) is 0 Å². The zero-order chi connectivity index (χ0) is 18.5. The number of carbonyl (C=O) groups is 2. The van der Waals surface area contributed by atoms with Gasteiger partial charge in [0.2, 0.25) is 11.8 Å². The first kappa shape index (κ1) is 18.5. The summed E-state index contributed by atoms with van der Waals surface area (Å²) >= 11 is 12.9. The van der Waals surface area contributed by atoms with E-state index in [0.29, 0.717) is 21.5 Å². The van der Waals surface area contributed by atoms with Gasteiger partial charge in [0.05, 0.1) is 22.5 Å². The fourth-order valence-corrected chi connectivity index (χ4v) is 3.27. The SMILES string of the molecule is O=C1C[C@@H](C(=O)Nc2ccc(Cl)c(Cl)c2)SC(=N/N=C\c2ccco2)N1. The summed E-state index contributed by atoms with van der Waals surface area (Å²) in [6.07, 6.45) is 2.94. The summed E-state index contributed by atoms with van der Waals surface area (Å²) in [6, 6.07) is 8.18. The average molecular weight is 411 g/mol. The van der Waals surface area contributed by atoms with Gasteiger partial charge in [-0.15, -0.1) is 5.10 Å². The Morgan fingerprint density at radius 3 is 2.92 bits per heavy atom. The van der Waals surface area contributed by atoms with Crippen LogP contribution in [0.25, 0.3) is 0 Å². The second kappa shape index (κ2) is 8.39. The maximum atomic E-state index is 12.4. The van der Waals surface area contributed by atoms with Gasteiger partial charge in [-0.3, -0.25) is 9.59 Å². The molecule has 0 aliphatic carbocycles. The number of hydrogen-bond donors (Lipinski definition) is 2. The minimum absolute atomic E-state index is 0.0265. The van der Waals surface area contributed by atoms with Gasteiger partial charge in [0.25, 0.3) is 0 Å². The molecule has 3 rings (SSSR count). The second-order valence-electron chi connectivity index (χ2n) is 5.14. The van der Waals surface area contributed by atoms with Crippen LogP contribution >= 0.6 is 35.0 Å². The van der Waals surface area contributed by atoms with E-state index in [1.54, 1.807) is 24.3 Å². The van der Waals surface area contributed by atoms with Crippen LogP contribution in [-0.4, -0.2) is 28.4 Å². The van der Waals surface area contributed by atoms with E-state index in [1.807, 2.05) is 0 Å². The molecule has 0 radical (unpaired) electrons. The number of furan rings is 1. The highest BCUT2D eigenvalue weighted by Crippen LogP contribution is 2.27. The number of carbonyl (C=O) groups excluding carboxylic acids is 2. The normalized spacial score (nSPS) is 18.9. The standard InChI is InChI=1S/C16H12Cl2N4O3S/c17-11-4-3-9(6-12(11)18)20-15(24)13-7-14(23)21-16(26-13)22-19-8-10-2-1-5-25-10/h1-6,8,13H,7H2,(H,20,24)(H,21,22,23)/b19-8-/t13-/m0/s1. The van der Waals surface area contributed by atoms with E-state index in [-0.39, 0.29) is 23.4 Å². The zero-order valence-corrected chi connectivity index (χ0v) is 15.4. The molecule has 1 aromatic carbocycles. The minimum atomic E-state index is -0.643. The topological polar surface area (TPSA) is 96.1 Å². The molecule has 2 amide bonds. The maximum absolute atomic E-state index is 12.4. The van der Waals surface area contributed by atoms with Gasteiger partial charge in [0.15, 0.2) is 5.17 Å². The van der Waals surface area contributed by atoms with Crippen molar-refractivity contribution in [2.45, 2.75) is 11.7 Å². The van der Waals surface area contributed by atoms with Gasteiger partial charge in [-0.1, -0.05) is 35.0 Å². The molecule has 7 nitrogen and oxygen atoms in total. The summed E-state index contributed by atoms with van der Waals surface area (Å²) in [5.74, 6) is -0.133. The van der Waals surface area contributed by atoms with Crippen molar-refractivity contribution in [2.75, 3.05) is 5.32 Å². The Morgan fingerprint density at radius 2 is 2.19 bits per heavy atom. The predicted octanol–water partition coefficient (Wildman–Crippen LogP) is 3.54. The molecule has 26 heavy (non-hydrogen) atoms. The van der Waals surface area contributed by atoms with Crippen LogP contribution in [0.5, 0.6) is 0 Å². The van der Waals surface area contributed by atoms with E-state index in [0.717, 1.165) is 11.8 Å². The molecule has 1 aliphatic rings. The van der Waals surface area contributed by atoms with E-state index in [4.69, 9.17) is 27.6 Å². The summed E-state index contributed by atoms with van der Waals surface area (Å²) in [6.45, 7) is 0. The van der Waals surface area contributed by atoms with Crippen LogP contribution < -0.4 is 10.6 Å². The van der Waals surface area contributed by atoms with Crippen molar-refractivity contribution >= 4 is 63.8 Å². The Kier molecular flexibility index (Phi) is 5.97. The van der Waals surface area contributed by atoms with E-state index in [9.17, 15) is 9.59 Å². The molecule has 2 heterocycles. The third kappa shape index (κ3) is 4.87. The van der Waals surface area contributed by atoms with Crippen LogP contribution in [0.4, 0.5) is 5.69 Å². The number of benzene rings is 1. The fourth-order valence-electron chi connectivity index (χ4n) is 2.04. The number of thioether (sulfide) groups is 1. The molecule has 1 fully saturated rings. The average Bonchev–Trinajstić information content (AvgIpc) is 3.11. The number of amidine groups is 1. The van der Waals surface area contributed by atoms with E-state index in [1.165, 1.54) is 18.5 Å². The summed E-state index contributed by atoms with van der Waals surface area (Å²) in [5.41, 5.74) is 0.491. The van der Waals surface area contributed by atoms with Gasteiger partial charge in [-0.2, -0.15) is 5.10 Å². The first-order valence-electron chi connectivity index (χ1n) is 7.38. The highest BCUT2D eigenvalue weighted by Gasteiger charge is 2.30. The van der Waals surface area contributed by atoms with Gasteiger partial charge in [-0.05, 0) is 30.3 Å². The van der Waals surface area contributed by atoms with Crippen LogP contribution in [0.2, 0.25) is 10.0 Å². The third-order valence-electron chi connectivity index (χ3n) is 3.23. The largest absolute Gasteiger partial charge is 0.463 e. The highest BCUT2D eigenvalue weighted by molar-refractivity contribution is 8.15. The molecule has 0 bridgehead atoms. The van der Waals surface area contributed by atoms with E-state index in [2.05, 4.69) is 20.8 Å². The van der Waals surface area contributed by atoms with Crippen molar-refractivity contribution in [3.8, 4) is 0 Å². The Bertz CT molecular complexity index is 884. The minimum Gasteiger partial charge on any atom is -0.463 e. The zero-order valence-electron chi connectivity index (χ0n) is 13.1. The van der Waals surface area contributed by atoms with Crippen molar-refractivity contribution < 1.29 is 14.0 Å². The number of nitrogens with one attached hydrogen (secondary N) is 2. The summed E-state index contributed by atoms with van der Waals surface area (Å²) < 4.78 is 5.09. The maximum Gasteiger partial charge on any atom is 0.238 e. The molecule has 0 spiro atoms. The molecule has 2 N–H and O–H groups in total. The van der Waals surface area contributed by atoms with Gasteiger partial charge in [-0.25, -0.2) is 0 Å². The lowest BCUT2D eigenvalue weighted by Crippen LogP contribution is -2.41. The molecule has 10 heteroatoms. The van der Waals surface area contributed by atoms with Crippen molar-refractivity contribution in [2.24, 2.45) is 10.2 Å². The number of rotatable bonds is 4. The molecule has 0 unspecified atom stereocenters. The number of halogens is 2. The fraction of sp³-hybridized carbons (Fsp3) is 0.125. The monoisotopic (exact) mass is 410 g/mol. The molecule has 134 valence electrons. The van der Waals surface area contributed by atoms with Gasteiger partial charge < -0.3 is 15.1 Å². The molecular weight excluding hydrogens is 399 g/mol. The van der Waals surface area contributed by atoms with Crippen LogP contribution in [0.15, 0.2) is 51.2 Å². The number of nitrogens with zero attached hydrogens (tertiary/aromatic N) is 2. The van der Waals surface area contributed by atoms with Crippen LogP contribution in [0.1, 0.15) is 12.2 Å². The lowest BCUT2D eigenvalue weighted by atomic mass is 10.2. The van der Waals surface area contributed by atoms with Crippen LogP contribution in [0, 0.1) is 0 Å². The molecule has 2 aromatic rings. The highest BCUT2D eigenvalue weighted by atomic mass is 35.5. The molecular formula is C16H12Cl2N4O3S. The summed E-state index contributed by atoms with van der Waals surface area (Å²) in [5, 5.41) is 13.3. The predicted molar refractivity (Wildman–Crippen MR) is 103 cm³/mol. The first-order chi connectivity index (χ1) is 12.5.